The predicted molar refractivity (Wildman–Crippen MR) is 45.4 cm³/mol. The van der Waals surface area contributed by atoms with Crippen LogP contribution in [-0.4, -0.2) is 12.7 Å². The van der Waals surface area contributed by atoms with Crippen molar-refractivity contribution in [3.63, 3.8) is 0 Å². The van der Waals surface area contributed by atoms with Crippen molar-refractivity contribution < 1.29 is 4.74 Å². The summed E-state index contributed by atoms with van der Waals surface area (Å²) in [6.45, 7) is 8.08. The van der Waals surface area contributed by atoms with Gasteiger partial charge in [-0.3, -0.25) is 0 Å². The molecule has 3 unspecified atom stereocenters. The van der Waals surface area contributed by atoms with Crippen molar-refractivity contribution in [1.82, 2.24) is 0 Å². The summed E-state index contributed by atoms with van der Waals surface area (Å²) in [6, 6.07) is 0. The van der Waals surface area contributed by atoms with Crippen LogP contribution in [0.2, 0.25) is 0 Å². The van der Waals surface area contributed by atoms with Crippen molar-refractivity contribution in [3.05, 3.63) is 0 Å². The highest BCUT2D eigenvalue weighted by molar-refractivity contribution is 4.98. The van der Waals surface area contributed by atoms with E-state index in [-0.39, 0.29) is 0 Å². The SMILES string of the molecule is CC(C)(C)C1CC2OCCC21. The normalized spacial score (nSPS) is 43.4. The van der Waals surface area contributed by atoms with Gasteiger partial charge in [0.05, 0.1) is 6.10 Å². The molecule has 2 aliphatic rings. The lowest BCUT2D eigenvalue weighted by molar-refractivity contribution is -0.0559. The Morgan fingerprint density at radius 1 is 1.27 bits per heavy atom. The van der Waals surface area contributed by atoms with Gasteiger partial charge in [-0.25, -0.2) is 0 Å². The fourth-order valence-electron chi connectivity index (χ4n) is 2.59. The number of hydrogen-bond donors (Lipinski definition) is 0. The molecule has 1 saturated heterocycles. The molecule has 0 amide bonds. The average molecular weight is 154 g/mol. The maximum absolute atomic E-state index is 5.58. The molecule has 1 heterocycles. The maximum Gasteiger partial charge on any atom is 0.0609 e. The van der Waals surface area contributed by atoms with Gasteiger partial charge in [-0.15, -0.1) is 0 Å². The van der Waals surface area contributed by atoms with Crippen molar-refractivity contribution in [2.24, 2.45) is 17.3 Å². The molecule has 1 aliphatic carbocycles. The van der Waals surface area contributed by atoms with Crippen LogP contribution in [0, 0.1) is 17.3 Å². The van der Waals surface area contributed by atoms with Gasteiger partial charge in [-0.05, 0) is 30.1 Å². The van der Waals surface area contributed by atoms with Gasteiger partial charge < -0.3 is 4.74 Å². The molecule has 0 N–H and O–H groups in total. The van der Waals surface area contributed by atoms with Crippen LogP contribution in [0.25, 0.3) is 0 Å². The van der Waals surface area contributed by atoms with Crippen LogP contribution in [0.4, 0.5) is 0 Å². The van der Waals surface area contributed by atoms with E-state index in [0.29, 0.717) is 11.5 Å². The molecule has 0 aromatic rings. The molecule has 0 bridgehead atoms. The van der Waals surface area contributed by atoms with Gasteiger partial charge in [0.15, 0.2) is 0 Å². The second-order valence-electron chi connectivity index (χ2n) is 5.07. The summed E-state index contributed by atoms with van der Waals surface area (Å²) >= 11 is 0. The smallest absolute Gasteiger partial charge is 0.0609 e. The summed E-state index contributed by atoms with van der Waals surface area (Å²) in [5.74, 6) is 1.82. The van der Waals surface area contributed by atoms with Crippen molar-refractivity contribution in [2.75, 3.05) is 6.61 Å². The molecular formula is C10H18O. The van der Waals surface area contributed by atoms with Gasteiger partial charge >= 0.3 is 0 Å². The largest absolute Gasteiger partial charge is 0.378 e. The first-order valence-corrected chi connectivity index (χ1v) is 4.70. The third kappa shape index (κ3) is 1.10. The van der Waals surface area contributed by atoms with Gasteiger partial charge in [0.25, 0.3) is 0 Å². The molecule has 11 heavy (non-hydrogen) atoms. The topological polar surface area (TPSA) is 9.23 Å². The molecule has 1 nitrogen and oxygen atoms in total. The molecule has 0 radical (unpaired) electrons. The molecule has 0 spiro atoms. The van der Waals surface area contributed by atoms with Gasteiger partial charge in [0.2, 0.25) is 0 Å². The van der Waals surface area contributed by atoms with Crippen molar-refractivity contribution in [1.29, 1.82) is 0 Å². The Hall–Kier alpha value is -0.0400. The maximum atomic E-state index is 5.58. The van der Waals surface area contributed by atoms with E-state index in [2.05, 4.69) is 20.8 Å². The van der Waals surface area contributed by atoms with E-state index in [9.17, 15) is 0 Å². The molecule has 64 valence electrons. The van der Waals surface area contributed by atoms with E-state index in [1.54, 1.807) is 0 Å². The Kier molecular flexibility index (Phi) is 1.54. The summed E-state index contributed by atoms with van der Waals surface area (Å²) in [5, 5.41) is 0. The Morgan fingerprint density at radius 3 is 2.55 bits per heavy atom. The molecular weight excluding hydrogens is 136 g/mol. The van der Waals surface area contributed by atoms with Crippen LogP contribution in [0.5, 0.6) is 0 Å². The van der Waals surface area contributed by atoms with E-state index in [1.807, 2.05) is 0 Å². The zero-order valence-corrected chi connectivity index (χ0v) is 7.76. The van der Waals surface area contributed by atoms with Crippen LogP contribution in [0.3, 0.4) is 0 Å². The summed E-state index contributed by atoms with van der Waals surface area (Å²) < 4.78 is 5.58. The Bertz CT molecular complexity index is 157. The third-order valence-corrected chi connectivity index (χ3v) is 3.38. The molecule has 1 heteroatoms. The minimum atomic E-state index is 0.509. The number of fused-ring (bicyclic) bond motifs is 1. The van der Waals surface area contributed by atoms with Crippen molar-refractivity contribution in [2.45, 2.75) is 39.7 Å². The molecule has 2 fully saturated rings. The van der Waals surface area contributed by atoms with Gasteiger partial charge in [-0.1, -0.05) is 20.8 Å². The fraction of sp³-hybridized carbons (Fsp3) is 1.00. The molecule has 2 rings (SSSR count). The second kappa shape index (κ2) is 2.22. The van der Waals surface area contributed by atoms with E-state index in [1.165, 1.54) is 12.8 Å². The van der Waals surface area contributed by atoms with Crippen LogP contribution in [0.1, 0.15) is 33.6 Å². The molecule has 0 aromatic heterocycles. The molecule has 0 aromatic carbocycles. The number of rotatable bonds is 0. The summed E-state index contributed by atoms with van der Waals surface area (Å²) in [5.41, 5.74) is 0.509. The highest BCUT2D eigenvalue weighted by Crippen LogP contribution is 2.51. The fourth-order valence-corrected chi connectivity index (χ4v) is 2.59. The predicted octanol–water partition coefficient (Wildman–Crippen LogP) is 2.46. The lowest BCUT2D eigenvalue weighted by Crippen LogP contribution is -2.45. The summed E-state index contributed by atoms with van der Waals surface area (Å²) in [6.07, 6.45) is 3.26. The highest BCUT2D eigenvalue weighted by atomic mass is 16.5. The first-order chi connectivity index (χ1) is 5.09. The van der Waals surface area contributed by atoms with Crippen LogP contribution >= 0.6 is 0 Å². The third-order valence-electron chi connectivity index (χ3n) is 3.38. The monoisotopic (exact) mass is 154 g/mol. The molecule has 1 aliphatic heterocycles. The van der Waals surface area contributed by atoms with Crippen LogP contribution in [0.15, 0.2) is 0 Å². The van der Waals surface area contributed by atoms with E-state index in [4.69, 9.17) is 4.74 Å². The minimum Gasteiger partial charge on any atom is -0.378 e. The minimum absolute atomic E-state index is 0.509. The zero-order chi connectivity index (χ0) is 8.06. The lowest BCUT2D eigenvalue weighted by Gasteiger charge is -2.47. The first-order valence-electron chi connectivity index (χ1n) is 4.70. The Balaban J connectivity index is 2.00. The molecule has 1 saturated carbocycles. The second-order valence-corrected chi connectivity index (χ2v) is 5.07. The summed E-state index contributed by atoms with van der Waals surface area (Å²) in [7, 11) is 0. The van der Waals surface area contributed by atoms with Gasteiger partial charge in [0.1, 0.15) is 0 Å². The van der Waals surface area contributed by atoms with E-state index in [0.717, 1.165) is 18.4 Å². The van der Waals surface area contributed by atoms with Crippen LogP contribution < -0.4 is 0 Å². The highest BCUT2D eigenvalue weighted by Gasteiger charge is 2.49. The zero-order valence-electron chi connectivity index (χ0n) is 7.76. The molecule has 3 atom stereocenters. The summed E-state index contributed by atoms with van der Waals surface area (Å²) in [4.78, 5) is 0. The van der Waals surface area contributed by atoms with Crippen LogP contribution in [-0.2, 0) is 4.74 Å². The Labute approximate surface area is 69.1 Å². The lowest BCUT2D eigenvalue weighted by atomic mass is 9.60. The van der Waals surface area contributed by atoms with Gasteiger partial charge in [0, 0.05) is 6.61 Å². The standard InChI is InChI=1S/C10H18O/c1-10(2,3)8-6-9-7(8)4-5-11-9/h7-9H,4-6H2,1-3H3. The Morgan fingerprint density at radius 2 is 2.00 bits per heavy atom. The van der Waals surface area contributed by atoms with E-state index < -0.39 is 0 Å². The number of ether oxygens (including phenoxy) is 1. The first kappa shape index (κ1) is 7.60. The number of hydrogen-bond acceptors (Lipinski definition) is 1. The average Bonchev–Trinajstić information content (AvgIpc) is 2.08. The van der Waals surface area contributed by atoms with Crippen molar-refractivity contribution >= 4 is 0 Å². The van der Waals surface area contributed by atoms with Gasteiger partial charge in [-0.2, -0.15) is 0 Å². The van der Waals surface area contributed by atoms with Crippen molar-refractivity contribution in [3.8, 4) is 0 Å². The quantitative estimate of drug-likeness (QED) is 0.521. The van der Waals surface area contributed by atoms with E-state index >= 15 is 0 Å².